The number of carbonyl (C=O) groups is 2. The molecule has 0 saturated heterocycles. The standard InChI is InChI=1S/C11H12O4/c1-9(13)15-11-4-2-10(3-5-11)6-7-14-8-12/h2-5,8H,6-7H2,1H3. The van der Waals surface area contributed by atoms with Crippen molar-refractivity contribution in [2.75, 3.05) is 6.61 Å². The summed E-state index contributed by atoms with van der Waals surface area (Å²) in [5.74, 6) is 0.176. The van der Waals surface area contributed by atoms with Crippen LogP contribution < -0.4 is 4.74 Å². The molecule has 0 atom stereocenters. The SMILES string of the molecule is CC(=O)Oc1ccc(CCOC=O)cc1. The smallest absolute Gasteiger partial charge is 0.308 e. The summed E-state index contributed by atoms with van der Waals surface area (Å²) in [4.78, 5) is 20.5. The average Bonchev–Trinajstić information content (AvgIpc) is 2.20. The van der Waals surface area contributed by atoms with E-state index in [-0.39, 0.29) is 5.97 Å². The first-order chi connectivity index (χ1) is 7.22. The Morgan fingerprint density at radius 1 is 1.33 bits per heavy atom. The van der Waals surface area contributed by atoms with Gasteiger partial charge in [-0.3, -0.25) is 9.59 Å². The number of ether oxygens (including phenoxy) is 2. The highest BCUT2D eigenvalue weighted by molar-refractivity contribution is 5.69. The van der Waals surface area contributed by atoms with E-state index in [1.807, 2.05) is 12.1 Å². The summed E-state index contributed by atoms with van der Waals surface area (Å²) in [5.41, 5.74) is 1.02. The van der Waals surface area contributed by atoms with E-state index in [4.69, 9.17) is 4.74 Å². The largest absolute Gasteiger partial charge is 0.468 e. The van der Waals surface area contributed by atoms with Crippen LogP contribution in [0.25, 0.3) is 0 Å². The van der Waals surface area contributed by atoms with Gasteiger partial charge in [0.05, 0.1) is 6.61 Å². The van der Waals surface area contributed by atoms with Crippen molar-refractivity contribution in [3.63, 3.8) is 0 Å². The number of rotatable bonds is 5. The van der Waals surface area contributed by atoms with Gasteiger partial charge < -0.3 is 9.47 Å². The molecule has 0 bridgehead atoms. The predicted octanol–water partition coefficient (Wildman–Crippen LogP) is 1.33. The lowest BCUT2D eigenvalue weighted by Gasteiger charge is -2.03. The fourth-order valence-corrected chi connectivity index (χ4v) is 1.12. The van der Waals surface area contributed by atoms with Gasteiger partial charge in [-0.2, -0.15) is 0 Å². The van der Waals surface area contributed by atoms with Gasteiger partial charge in [0, 0.05) is 13.3 Å². The van der Waals surface area contributed by atoms with E-state index >= 15 is 0 Å². The van der Waals surface area contributed by atoms with Gasteiger partial charge >= 0.3 is 5.97 Å². The highest BCUT2D eigenvalue weighted by Gasteiger charge is 1.98. The molecule has 0 aromatic heterocycles. The quantitative estimate of drug-likeness (QED) is 0.317. The summed E-state index contributed by atoms with van der Waals surface area (Å²) in [7, 11) is 0. The van der Waals surface area contributed by atoms with Crippen molar-refractivity contribution in [3.8, 4) is 5.75 Å². The van der Waals surface area contributed by atoms with Crippen LogP contribution in [0.4, 0.5) is 0 Å². The summed E-state index contributed by atoms with van der Waals surface area (Å²) in [6.45, 7) is 2.13. The highest BCUT2D eigenvalue weighted by Crippen LogP contribution is 2.12. The molecule has 1 aromatic carbocycles. The topological polar surface area (TPSA) is 52.6 Å². The van der Waals surface area contributed by atoms with Crippen LogP contribution >= 0.6 is 0 Å². The van der Waals surface area contributed by atoms with E-state index in [0.29, 0.717) is 25.2 Å². The van der Waals surface area contributed by atoms with Gasteiger partial charge in [0.15, 0.2) is 0 Å². The lowest BCUT2D eigenvalue weighted by molar-refractivity contribution is -0.132. The van der Waals surface area contributed by atoms with Crippen molar-refractivity contribution < 1.29 is 19.1 Å². The molecule has 4 nitrogen and oxygen atoms in total. The number of hydrogen-bond acceptors (Lipinski definition) is 4. The van der Waals surface area contributed by atoms with Gasteiger partial charge in [-0.15, -0.1) is 0 Å². The summed E-state index contributed by atoms with van der Waals surface area (Å²) in [5, 5.41) is 0. The molecule has 0 radical (unpaired) electrons. The third-order valence-electron chi connectivity index (χ3n) is 1.76. The Hall–Kier alpha value is -1.84. The maximum Gasteiger partial charge on any atom is 0.308 e. The molecule has 0 spiro atoms. The third-order valence-corrected chi connectivity index (χ3v) is 1.76. The minimum Gasteiger partial charge on any atom is -0.468 e. The van der Waals surface area contributed by atoms with Gasteiger partial charge in [-0.1, -0.05) is 12.1 Å². The van der Waals surface area contributed by atoms with Crippen LogP contribution in [-0.4, -0.2) is 19.0 Å². The monoisotopic (exact) mass is 208 g/mol. The van der Waals surface area contributed by atoms with Crippen LogP contribution in [-0.2, 0) is 20.7 Å². The van der Waals surface area contributed by atoms with Gasteiger partial charge in [0.1, 0.15) is 5.75 Å². The number of hydrogen-bond donors (Lipinski definition) is 0. The van der Waals surface area contributed by atoms with E-state index in [0.717, 1.165) is 5.56 Å². The first kappa shape index (κ1) is 11.2. The molecule has 0 aliphatic heterocycles. The minimum absolute atomic E-state index is 0.341. The molecular formula is C11H12O4. The Kier molecular flexibility index (Phi) is 4.34. The zero-order valence-electron chi connectivity index (χ0n) is 8.43. The van der Waals surface area contributed by atoms with Crippen molar-refractivity contribution >= 4 is 12.4 Å². The summed E-state index contributed by atoms with van der Waals surface area (Å²) < 4.78 is 9.43. The first-order valence-electron chi connectivity index (χ1n) is 4.55. The number of benzene rings is 1. The van der Waals surface area contributed by atoms with Crippen molar-refractivity contribution in [3.05, 3.63) is 29.8 Å². The average molecular weight is 208 g/mol. The molecule has 1 aromatic rings. The van der Waals surface area contributed by atoms with Crippen LogP contribution in [0.15, 0.2) is 24.3 Å². The van der Waals surface area contributed by atoms with Gasteiger partial charge in [-0.05, 0) is 17.7 Å². The van der Waals surface area contributed by atoms with Gasteiger partial charge in [0.25, 0.3) is 6.47 Å². The molecule has 0 fully saturated rings. The molecule has 0 amide bonds. The van der Waals surface area contributed by atoms with E-state index < -0.39 is 0 Å². The van der Waals surface area contributed by atoms with Crippen molar-refractivity contribution in [1.29, 1.82) is 0 Å². The number of esters is 1. The molecule has 0 heterocycles. The summed E-state index contributed by atoms with van der Waals surface area (Å²) >= 11 is 0. The Balaban J connectivity index is 2.48. The molecule has 0 saturated carbocycles. The molecule has 80 valence electrons. The molecule has 15 heavy (non-hydrogen) atoms. The van der Waals surface area contributed by atoms with E-state index in [1.165, 1.54) is 6.92 Å². The van der Waals surface area contributed by atoms with Gasteiger partial charge in [-0.25, -0.2) is 0 Å². The van der Waals surface area contributed by atoms with Crippen molar-refractivity contribution in [2.24, 2.45) is 0 Å². The second-order valence-electron chi connectivity index (χ2n) is 2.95. The van der Waals surface area contributed by atoms with E-state index in [9.17, 15) is 9.59 Å². The zero-order chi connectivity index (χ0) is 11.1. The molecule has 0 aliphatic carbocycles. The lowest BCUT2D eigenvalue weighted by Crippen LogP contribution is -2.01. The van der Waals surface area contributed by atoms with Crippen LogP contribution in [0.2, 0.25) is 0 Å². The Morgan fingerprint density at radius 2 is 2.00 bits per heavy atom. The number of carbonyl (C=O) groups excluding carboxylic acids is 2. The van der Waals surface area contributed by atoms with E-state index in [2.05, 4.69) is 4.74 Å². The molecule has 0 unspecified atom stereocenters. The van der Waals surface area contributed by atoms with Crippen LogP contribution in [0.5, 0.6) is 5.75 Å². The third kappa shape index (κ3) is 4.26. The Labute approximate surface area is 87.8 Å². The first-order valence-corrected chi connectivity index (χ1v) is 4.55. The van der Waals surface area contributed by atoms with E-state index in [1.54, 1.807) is 12.1 Å². The molecule has 0 N–H and O–H groups in total. The second-order valence-corrected chi connectivity index (χ2v) is 2.95. The zero-order valence-corrected chi connectivity index (χ0v) is 8.43. The molecular weight excluding hydrogens is 196 g/mol. The maximum atomic E-state index is 10.6. The van der Waals surface area contributed by atoms with Crippen LogP contribution in [0.1, 0.15) is 12.5 Å². The minimum atomic E-state index is -0.341. The summed E-state index contributed by atoms with van der Waals surface area (Å²) in [6, 6.07) is 7.06. The Bertz CT molecular complexity index is 329. The van der Waals surface area contributed by atoms with Crippen molar-refractivity contribution in [1.82, 2.24) is 0 Å². The lowest BCUT2D eigenvalue weighted by atomic mass is 10.1. The van der Waals surface area contributed by atoms with Crippen LogP contribution in [0, 0.1) is 0 Å². The van der Waals surface area contributed by atoms with Crippen molar-refractivity contribution in [2.45, 2.75) is 13.3 Å². The molecule has 0 aliphatic rings. The van der Waals surface area contributed by atoms with Gasteiger partial charge in [0.2, 0.25) is 0 Å². The fourth-order valence-electron chi connectivity index (χ4n) is 1.12. The second kappa shape index (κ2) is 5.80. The highest BCUT2D eigenvalue weighted by atomic mass is 16.5. The molecule has 4 heteroatoms. The normalized spacial score (nSPS) is 9.40. The Morgan fingerprint density at radius 3 is 2.53 bits per heavy atom. The fraction of sp³-hybridized carbons (Fsp3) is 0.273. The summed E-state index contributed by atoms with van der Waals surface area (Å²) in [6.07, 6.45) is 0.652. The van der Waals surface area contributed by atoms with Crippen LogP contribution in [0.3, 0.4) is 0 Å². The predicted molar refractivity (Wildman–Crippen MR) is 53.5 cm³/mol. The molecule has 1 rings (SSSR count). The maximum absolute atomic E-state index is 10.6.